The summed E-state index contributed by atoms with van der Waals surface area (Å²) >= 11 is 0. The van der Waals surface area contributed by atoms with E-state index < -0.39 is 0 Å². The van der Waals surface area contributed by atoms with E-state index in [1.165, 1.54) is 7.05 Å². The van der Waals surface area contributed by atoms with Gasteiger partial charge in [0.1, 0.15) is 5.39 Å². The van der Waals surface area contributed by atoms with Gasteiger partial charge < -0.3 is 0 Å². The summed E-state index contributed by atoms with van der Waals surface area (Å²) in [7, 11) is 2.49. The Morgan fingerprint density at radius 3 is 2.30 bits per heavy atom. The number of rotatable bonds is 5. The van der Waals surface area contributed by atoms with Crippen molar-refractivity contribution in [3.8, 4) is 0 Å². The molecule has 0 saturated heterocycles. The first kappa shape index (κ1) is 9.68. The number of hydrogen-bond donors (Lipinski definition) is 3. The van der Waals surface area contributed by atoms with Crippen LogP contribution in [-0.2, 0) is 14.7 Å². The molecule has 0 aromatic carbocycles. The third-order valence-electron chi connectivity index (χ3n) is 0.465. The fourth-order valence-corrected chi connectivity index (χ4v) is 0.188. The minimum absolute atomic E-state index is 0.114. The lowest BCUT2D eigenvalue weighted by Gasteiger charge is -2.14. The van der Waals surface area contributed by atoms with E-state index in [1.54, 1.807) is 0 Å². The molecule has 62 valence electrons. The molecule has 8 nitrogen and oxygen atoms in total. The van der Waals surface area contributed by atoms with E-state index in [2.05, 4.69) is 20.2 Å². The molecule has 0 amide bonds. The van der Waals surface area contributed by atoms with Crippen molar-refractivity contribution >= 4 is 0 Å². The molecule has 0 radical (unpaired) electrons. The summed E-state index contributed by atoms with van der Waals surface area (Å²) in [5.74, 6) is 0. The second kappa shape index (κ2) is 5.46. The van der Waals surface area contributed by atoms with E-state index in [1.807, 2.05) is 0 Å². The fourth-order valence-electron chi connectivity index (χ4n) is 0.188. The van der Waals surface area contributed by atoms with Gasteiger partial charge in [-0.05, 0) is 0 Å². The summed E-state index contributed by atoms with van der Waals surface area (Å²) in [6, 6.07) is 0. The Hall–Kier alpha value is -0.320. The van der Waals surface area contributed by atoms with Crippen LogP contribution < -0.4 is 5.48 Å². The predicted molar refractivity (Wildman–Crippen MR) is 25.5 cm³/mol. The van der Waals surface area contributed by atoms with Gasteiger partial charge in [0, 0.05) is 7.05 Å². The zero-order valence-corrected chi connectivity index (χ0v) is 5.51. The van der Waals surface area contributed by atoms with E-state index in [9.17, 15) is 0 Å². The molecular formula is C2H9N3O5. The summed E-state index contributed by atoms with van der Waals surface area (Å²) in [6.45, 7) is 0. The Kier molecular flexibility index (Phi) is 5.29. The molecule has 0 aromatic rings. The summed E-state index contributed by atoms with van der Waals surface area (Å²) in [6.07, 6.45) is 0. The van der Waals surface area contributed by atoms with Crippen molar-refractivity contribution in [2.24, 2.45) is 0 Å². The Balaban J connectivity index is 3.27. The zero-order valence-electron chi connectivity index (χ0n) is 5.51. The van der Waals surface area contributed by atoms with Crippen LogP contribution in [0.4, 0.5) is 0 Å². The number of hydrogen-bond acceptors (Lipinski definition) is 8. The lowest BCUT2D eigenvalue weighted by molar-refractivity contribution is -0.672. The van der Waals surface area contributed by atoms with Crippen LogP contribution in [0.1, 0.15) is 0 Å². The van der Waals surface area contributed by atoms with Crippen LogP contribution in [0.2, 0.25) is 0 Å². The third-order valence-corrected chi connectivity index (χ3v) is 0.465. The van der Waals surface area contributed by atoms with Crippen molar-refractivity contribution in [3.63, 3.8) is 0 Å². The Morgan fingerprint density at radius 2 is 1.90 bits per heavy atom. The van der Waals surface area contributed by atoms with Crippen molar-refractivity contribution in [2.75, 3.05) is 14.2 Å². The molecule has 8 heteroatoms. The summed E-state index contributed by atoms with van der Waals surface area (Å²) in [5, 5.41) is 16.5. The SMILES string of the molecule is CNON(O)ON(O)OC. The van der Waals surface area contributed by atoms with Crippen molar-refractivity contribution in [2.45, 2.75) is 0 Å². The lowest BCUT2D eigenvalue weighted by Crippen LogP contribution is -2.33. The van der Waals surface area contributed by atoms with Crippen molar-refractivity contribution in [3.05, 3.63) is 0 Å². The van der Waals surface area contributed by atoms with Gasteiger partial charge in [-0.3, -0.25) is 15.3 Å². The normalized spacial score (nSPS) is 11.4. The topological polar surface area (TPSA) is 86.7 Å². The average molecular weight is 155 g/mol. The predicted octanol–water partition coefficient (Wildman–Crippen LogP) is -1.16. The van der Waals surface area contributed by atoms with Gasteiger partial charge in [0.15, 0.2) is 0 Å². The number of hydroxylamine groups is 1. The molecule has 0 heterocycles. The van der Waals surface area contributed by atoms with Crippen LogP contribution in [0.3, 0.4) is 0 Å². The number of nitrogens with zero attached hydrogens (tertiary/aromatic N) is 2. The van der Waals surface area contributed by atoms with E-state index in [4.69, 9.17) is 10.4 Å². The molecule has 0 spiro atoms. The summed E-state index contributed by atoms with van der Waals surface area (Å²) in [5.41, 5.74) is 2.05. The highest BCUT2D eigenvalue weighted by molar-refractivity contribution is 3.77. The van der Waals surface area contributed by atoms with Gasteiger partial charge in [0.25, 0.3) is 0 Å². The standard InChI is InChI=1S/C2H9N3O5/c1-3-9-5(7)10-4(6)8-2/h3,6-7H,1-2H3. The maximum absolute atomic E-state index is 8.40. The molecule has 0 aromatic heterocycles. The molecule has 0 aliphatic carbocycles. The van der Waals surface area contributed by atoms with E-state index in [0.717, 1.165) is 7.11 Å². The second-order valence-electron chi connectivity index (χ2n) is 1.04. The molecule has 0 unspecified atom stereocenters. The third kappa shape index (κ3) is 4.55. The van der Waals surface area contributed by atoms with Crippen molar-refractivity contribution in [1.29, 1.82) is 0 Å². The van der Waals surface area contributed by atoms with Crippen LogP contribution in [0.25, 0.3) is 0 Å². The Labute approximate surface area is 56.8 Å². The molecular weight excluding hydrogens is 146 g/mol. The van der Waals surface area contributed by atoms with Gasteiger partial charge in [-0.15, -0.1) is 4.94 Å². The van der Waals surface area contributed by atoms with Crippen LogP contribution in [-0.4, -0.2) is 35.4 Å². The lowest BCUT2D eigenvalue weighted by atomic mass is 11.6. The quantitative estimate of drug-likeness (QED) is 0.429. The first-order chi connectivity index (χ1) is 4.70. The van der Waals surface area contributed by atoms with Crippen molar-refractivity contribution in [1.82, 2.24) is 16.3 Å². The van der Waals surface area contributed by atoms with Crippen molar-refractivity contribution < 1.29 is 25.1 Å². The van der Waals surface area contributed by atoms with Gasteiger partial charge in [0.2, 0.25) is 0 Å². The van der Waals surface area contributed by atoms with Gasteiger partial charge in [-0.25, -0.2) is 0 Å². The molecule has 0 saturated carbocycles. The maximum atomic E-state index is 8.40. The smallest absolute Gasteiger partial charge is 0.114 e. The molecule has 3 N–H and O–H groups in total. The van der Waals surface area contributed by atoms with Gasteiger partial charge in [-0.1, -0.05) is 0 Å². The molecule has 10 heavy (non-hydrogen) atoms. The average Bonchev–Trinajstić information content (AvgIpc) is 1.88. The van der Waals surface area contributed by atoms with Gasteiger partial charge in [-0.2, -0.15) is 10.4 Å². The molecule has 0 fully saturated rings. The molecule has 0 rings (SSSR count). The van der Waals surface area contributed by atoms with Crippen LogP contribution >= 0.6 is 0 Å². The fraction of sp³-hybridized carbons (Fsp3) is 1.00. The summed E-state index contributed by atoms with van der Waals surface area (Å²) < 4.78 is 0. The zero-order chi connectivity index (χ0) is 7.98. The molecule has 0 aliphatic rings. The molecule has 0 aliphatic heterocycles. The van der Waals surface area contributed by atoms with E-state index in [-0.39, 0.29) is 10.8 Å². The Bertz CT molecular complexity index is 81.3. The second-order valence-corrected chi connectivity index (χ2v) is 1.04. The summed E-state index contributed by atoms with van der Waals surface area (Å²) in [4.78, 5) is 12.0. The van der Waals surface area contributed by atoms with Crippen LogP contribution in [0, 0.1) is 0 Å². The van der Waals surface area contributed by atoms with E-state index in [0.29, 0.717) is 0 Å². The van der Waals surface area contributed by atoms with Crippen LogP contribution in [0.5, 0.6) is 0 Å². The largest absolute Gasteiger partial charge is 0.264 e. The minimum Gasteiger partial charge on any atom is -0.264 e. The van der Waals surface area contributed by atoms with Gasteiger partial charge in [0.05, 0.1) is 12.5 Å². The first-order valence-electron chi connectivity index (χ1n) is 2.24. The molecule has 0 atom stereocenters. The maximum Gasteiger partial charge on any atom is 0.114 e. The molecule has 0 bridgehead atoms. The van der Waals surface area contributed by atoms with Gasteiger partial charge >= 0.3 is 0 Å². The highest BCUT2D eigenvalue weighted by Gasteiger charge is 2.06. The highest BCUT2D eigenvalue weighted by atomic mass is 17.3. The minimum atomic E-state index is -0.149. The van der Waals surface area contributed by atoms with E-state index >= 15 is 0 Å². The van der Waals surface area contributed by atoms with Crippen LogP contribution in [0.15, 0.2) is 0 Å². The first-order valence-corrected chi connectivity index (χ1v) is 2.24. The Morgan fingerprint density at radius 1 is 1.30 bits per heavy atom. The monoisotopic (exact) mass is 155 g/mol. The number of nitrogens with one attached hydrogen (secondary N) is 1. The highest BCUT2D eigenvalue weighted by Crippen LogP contribution is 1.87.